The zero-order valence-electron chi connectivity index (χ0n) is 14.3. The minimum absolute atomic E-state index is 0.183. The largest absolute Gasteiger partial charge is 0.478 e. The molecule has 8 heteroatoms. The van der Waals surface area contributed by atoms with Crippen LogP contribution in [0.15, 0.2) is 48.5 Å². The molecule has 0 atom stereocenters. The molecule has 0 aliphatic carbocycles. The van der Waals surface area contributed by atoms with Gasteiger partial charge >= 0.3 is 5.97 Å². The molecule has 3 aromatic rings. The van der Waals surface area contributed by atoms with Crippen molar-refractivity contribution in [3.05, 3.63) is 59.9 Å². The van der Waals surface area contributed by atoms with Crippen LogP contribution >= 0.6 is 0 Å². The van der Waals surface area contributed by atoms with Crippen LogP contribution in [0.3, 0.4) is 0 Å². The third kappa shape index (κ3) is 4.23. The number of carbonyl (C=O) groups is 1. The van der Waals surface area contributed by atoms with E-state index in [0.29, 0.717) is 23.4 Å². The molecule has 0 aliphatic rings. The number of hydrogen-bond donors (Lipinski definition) is 4. The molecule has 0 fully saturated rings. The Morgan fingerprint density at radius 2 is 1.46 bits per heavy atom. The summed E-state index contributed by atoms with van der Waals surface area (Å²) < 4.78 is 0. The molecule has 8 nitrogen and oxygen atoms in total. The average Bonchev–Trinajstić information content (AvgIpc) is 2.61. The normalized spacial score (nSPS) is 10.2. The molecule has 0 unspecified atom stereocenters. The van der Waals surface area contributed by atoms with Crippen molar-refractivity contribution >= 4 is 34.9 Å². The first-order valence-corrected chi connectivity index (χ1v) is 7.91. The van der Waals surface area contributed by atoms with Gasteiger partial charge in [-0.3, -0.25) is 0 Å². The molecule has 1 aromatic heterocycles. The van der Waals surface area contributed by atoms with Crippen molar-refractivity contribution in [1.82, 2.24) is 15.0 Å². The average molecular weight is 350 g/mol. The number of nitrogens with zero attached hydrogens (tertiary/aromatic N) is 3. The van der Waals surface area contributed by atoms with Crippen molar-refractivity contribution < 1.29 is 9.90 Å². The van der Waals surface area contributed by atoms with E-state index in [0.717, 1.165) is 11.4 Å². The number of anilines is 5. The molecule has 132 valence electrons. The molecule has 4 N–H and O–H groups in total. The Kier molecular flexibility index (Phi) is 4.93. The molecule has 26 heavy (non-hydrogen) atoms. The van der Waals surface area contributed by atoms with Crippen LogP contribution in [-0.2, 0) is 0 Å². The van der Waals surface area contributed by atoms with Gasteiger partial charge in [0, 0.05) is 24.1 Å². The summed E-state index contributed by atoms with van der Waals surface area (Å²) >= 11 is 0. The van der Waals surface area contributed by atoms with E-state index >= 15 is 0 Å². The molecule has 0 bridgehead atoms. The lowest BCUT2D eigenvalue weighted by Crippen LogP contribution is -2.06. The van der Waals surface area contributed by atoms with Gasteiger partial charge in [-0.05, 0) is 43.3 Å². The molecule has 3 rings (SSSR count). The van der Waals surface area contributed by atoms with Crippen LogP contribution < -0.4 is 16.0 Å². The second-order valence-electron chi connectivity index (χ2n) is 5.50. The molecule has 0 spiro atoms. The molecule has 0 aliphatic heterocycles. The van der Waals surface area contributed by atoms with Gasteiger partial charge in [-0.1, -0.05) is 12.1 Å². The van der Waals surface area contributed by atoms with Gasteiger partial charge < -0.3 is 21.1 Å². The third-order valence-corrected chi connectivity index (χ3v) is 3.52. The minimum Gasteiger partial charge on any atom is -0.478 e. The van der Waals surface area contributed by atoms with Crippen molar-refractivity contribution in [3.8, 4) is 0 Å². The summed E-state index contributed by atoms with van der Waals surface area (Å²) in [7, 11) is 1.85. The van der Waals surface area contributed by atoms with Gasteiger partial charge in [0.2, 0.25) is 11.9 Å². The predicted octanol–water partition coefficient (Wildman–Crippen LogP) is 3.41. The Morgan fingerprint density at radius 1 is 0.885 bits per heavy atom. The molecular weight excluding hydrogens is 332 g/mol. The molecule has 0 radical (unpaired) electrons. The van der Waals surface area contributed by atoms with E-state index in [-0.39, 0.29) is 5.56 Å². The van der Waals surface area contributed by atoms with Gasteiger partial charge in [-0.2, -0.15) is 15.0 Å². The smallest absolute Gasteiger partial charge is 0.335 e. The second kappa shape index (κ2) is 7.47. The zero-order valence-corrected chi connectivity index (χ0v) is 14.3. The number of aromatic carboxylic acids is 1. The van der Waals surface area contributed by atoms with Gasteiger partial charge in [0.1, 0.15) is 5.82 Å². The fraction of sp³-hybridized carbons (Fsp3) is 0.111. The Morgan fingerprint density at radius 3 is 2.08 bits per heavy atom. The quantitative estimate of drug-likeness (QED) is 0.535. The first kappa shape index (κ1) is 17.2. The van der Waals surface area contributed by atoms with E-state index in [9.17, 15) is 4.79 Å². The molecule has 0 amide bonds. The molecule has 2 aromatic carbocycles. The van der Waals surface area contributed by atoms with Crippen molar-refractivity contribution in [2.45, 2.75) is 6.92 Å². The number of hydrogen-bond acceptors (Lipinski definition) is 7. The Balaban J connectivity index is 1.83. The summed E-state index contributed by atoms with van der Waals surface area (Å²) in [6.07, 6.45) is 0. The maximum Gasteiger partial charge on any atom is 0.335 e. The predicted molar refractivity (Wildman–Crippen MR) is 101 cm³/mol. The van der Waals surface area contributed by atoms with E-state index in [1.54, 1.807) is 19.1 Å². The van der Waals surface area contributed by atoms with Gasteiger partial charge in [0.15, 0.2) is 0 Å². The standard InChI is InChI=1S/C18H18N6O2/c1-11-20-17(22-14-7-3-5-12(9-14)16(25)26)24-18(21-11)23-15-8-4-6-13(10-15)19-2/h3-10,19H,1-2H3,(H,25,26)(H2,20,21,22,23,24). The van der Waals surface area contributed by atoms with Gasteiger partial charge in [-0.25, -0.2) is 4.79 Å². The van der Waals surface area contributed by atoms with Crippen LogP contribution in [0, 0.1) is 6.92 Å². The monoisotopic (exact) mass is 350 g/mol. The number of benzene rings is 2. The molecular formula is C18H18N6O2. The van der Waals surface area contributed by atoms with E-state index in [4.69, 9.17) is 5.11 Å². The highest BCUT2D eigenvalue weighted by Crippen LogP contribution is 2.20. The van der Waals surface area contributed by atoms with E-state index in [1.807, 2.05) is 31.3 Å². The Labute approximate surface area is 150 Å². The van der Waals surface area contributed by atoms with Gasteiger partial charge in [0.25, 0.3) is 0 Å². The van der Waals surface area contributed by atoms with Crippen LogP contribution in [0.2, 0.25) is 0 Å². The lowest BCUT2D eigenvalue weighted by Gasteiger charge is -2.10. The van der Waals surface area contributed by atoms with Gasteiger partial charge in [-0.15, -0.1) is 0 Å². The third-order valence-electron chi connectivity index (χ3n) is 3.52. The summed E-state index contributed by atoms with van der Waals surface area (Å²) in [5.41, 5.74) is 2.56. The van der Waals surface area contributed by atoms with Gasteiger partial charge in [0.05, 0.1) is 5.56 Å². The second-order valence-corrected chi connectivity index (χ2v) is 5.50. The van der Waals surface area contributed by atoms with E-state index in [2.05, 4.69) is 30.9 Å². The zero-order chi connectivity index (χ0) is 18.5. The Hall–Kier alpha value is -3.68. The maximum atomic E-state index is 11.1. The summed E-state index contributed by atoms with van der Waals surface area (Å²) in [4.78, 5) is 24.0. The Bertz CT molecular complexity index is 944. The number of aromatic nitrogens is 3. The van der Waals surface area contributed by atoms with Crippen LogP contribution in [0.25, 0.3) is 0 Å². The van der Waals surface area contributed by atoms with Crippen molar-refractivity contribution in [2.75, 3.05) is 23.0 Å². The van der Waals surface area contributed by atoms with Crippen LogP contribution in [0.4, 0.5) is 29.0 Å². The van der Waals surface area contributed by atoms with Crippen molar-refractivity contribution in [2.24, 2.45) is 0 Å². The highest BCUT2D eigenvalue weighted by atomic mass is 16.4. The highest BCUT2D eigenvalue weighted by molar-refractivity contribution is 5.89. The van der Waals surface area contributed by atoms with E-state index < -0.39 is 5.97 Å². The van der Waals surface area contributed by atoms with Crippen molar-refractivity contribution in [1.29, 1.82) is 0 Å². The molecule has 0 saturated heterocycles. The number of rotatable bonds is 6. The summed E-state index contributed by atoms with van der Waals surface area (Å²) in [6.45, 7) is 1.76. The summed E-state index contributed by atoms with van der Waals surface area (Å²) in [6, 6.07) is 14.1. The highest BCUT2D eigenvalue weighted by Gasteiger charge is 2.07. The minimum atomic E-state index is -0.993. The van der Waals surface area contributed by atoms with Crippen molar-refractivity contribution in [3.63, 3.8) is 0 Å². The number of carboxylic acid groups (broad SMARTS) is 1. The van der Waals surface area contributed by atoms with Crippen LogP contribution in [-0.4, -0.2) is 33.1 Å². The number of aryl methyl sites for hydroxylation is 1. The summed E-state index contributed by atoms with van der Waals surface area (Å²) in [5.74, 6) is 0.256. The maximum absolute atomic E-state index is 11.1. The molecule has 1 heterocycles. The summed E-state index contributed by atoms with van der Waals surface area (Å²) in [5, 5.41) is 18.3. The van der Waals surface area contributed by atoms with E-state index in [1.165, 1.54) is 12.1 Å². The lowest BCUT2D eigenvalue weighted by atomic mass is 10.2. The number of carboxylic acids is 1. The fourth-order valence-electron chi connectivity index (χ4n) is 2.33. The van der Waals surface area contributed by atoms with Crippen LogP contribution in [0.5, 0.6) is 0 Å². The lowest BCUT2D eigenvalue weighted by molar-refractivity contribution is 0.0697. The first-order valence-electron chi connectivity index (χ1n) is 7.91. The molecule has 0 saturated carbocycles. The fourth-order valence-corrected chi connectivity index (χ4v) is 2.33. The van der Waals surface area contributed by atoms with Crippen LogP contribution in [0.1, 0.15) is 16.2 Å². The topological polar surface area (TPSA) is 112 Å². The SMILES string of the molecule is CNc1cccc(Nc2nc(C)nc(Nc3cccc(C(=O)O)c3)n2)c1. The number of nitrogens with one attached hydrogen (secondary N) is 3. The first-order chi connectivity index (χ1) is 12.5.